The van der Waals surface area contributed by atoms with Crippen LogP contribution in [0.1, 0.15) is 49.1 Å². The second kappa shape index (κ2) is 6.55. The van der Waals surface area contributed by atoms with Crippen LogP contribution in [0.2, 0.25) is 0 Å². The number of aliphatic carboxylic acids is 1. The van der Waals surface area contributed by atoms with Gasteiger partial charge in [-0.3, -0.25) is 0 Å². The Morgan fingerprint density at radius 2 is 1.84 bits per heavy atom. The van der Waals surface area contributed by atoms with E-state index in [1.54, 1.807) is 6.08 Å². The van der Waals surface area contributed by atoms with E-state index >= 15 is 0 Å². The Hall–Kier alpha value is -1.57. The molecule has 0 spiro atoms. The third-order valence-corrected chi connectivity index (χ3v) is 4.13. The van der Waals surface area contributed by atoms with Gasteiger partial charge in [0, 0.05) is 6.08 Å². The summed E-state index contributed by atoms with van der Waals surface area (Å²) in [5.74, 6) is 0.519. The highest BCUT2D eigenvalue weighted by molar-refractivity contribution is 5.79. The molecule has 1 aromatic rings. The summed E-state index contributed by atoms with van der Waals surface area (Å²) >= 11 is 0. The third kappa shape index (κ3) is 4.23. The molecule has 1 aromatic carbocycles. The van der Waals surface area contributed by atoms with Crippen LogP contribution >= 0.6 is 0 Å². The molecule has 0 unspecified atom stereocenters. The second-order valence-corrected chi connectivity index (χ2v) is 5.60. The predicted octanol–water partition coefficient (Wildman–Crippen LogP) is 4.30. The summed E-state index contributed by atoms with van der Waals surface area (Å²) in [4.78, 5) is 10.4. The molecule has 0 aliphatic heterocycles. The van der Waals surface area contributed by atoms with Crippen LogP contribution in [0, 0.1) is 12.8 Å². The zero-order valence-corrected chi connectivity index (χ0v) is 11.5. The third-order valence-electron chi connectivity index (χ3n) is 4.13. The first-order chi connectivity index (χ1) is 9.15. The van der Waals surface area contributed by atoms with Crippen molar-refractivity contribution in [1.29, 1.82) is 0 Å². The molecule has 0 amide bonds. The molecule has 0 radical (unpaired) electrons. The minimum atomic E-state index is -0.839. The summed E-state index contributed by atoms with van der Waals surface area (Å²) in [6, 6.07) is 8.89. The number of rotatable bonds is 4. The minimum Gasteiger partial charge on any atom is -0.478 e. The van der Waals surface area contributed by atoms with Crippen LogP contribution in [0.5, 0.6) is 0 Å². The van der Waals surface area contributed by atoms with Crippen molar-refractivity contribution >= 4 is 5.97 Å². The Morgan fingerprint density at radius 1 is 1.21 bits per heavy atom. The Balaban J connectivity index is 1.82. The molecule has 0 saturated heterocycles. The van der Waals surface area contributed by atoms with Gasteiger partial charge in [0.15, 0.2) is 0 Å². The van der Waals surface area contributed by atoms with Gasteiger partial charge in [0.05, 0.1) is 0 Å². The fourth-order valence-electron chi connectivity index (χ4n) is 2.93. The molecule has 1 aliphatic rings. The standard InChI is InChI=1S/C17H22O2/c1-13-5-9-15(10-6-13)16-11-7-14(8-12-16)3-2-4-17(18)19/h2,4-6,9-10,14,16H,3,7-8,11-12H2,1H3,(H,18,19)/b4-2+/t14-,16-. The number of carboxylic acids is 1. The molecular weight excluding hydrogens is 236 g/mol. The molecule has 19 heavy (non-hydrogen) atoms. The van der Waals surface area contributed by atoms with E-state index in [2.05, 4.69) is 31.2 Å². The largest absolute Gasteiger partial charge is 0.478 e. The fourth-order valence-corrected chi connectivity index (χ4v) is 2.93. The van der Waals surface area contributed by atoms with E-state index in [-0.39, 0.29) is 0 Å². The second-order valence-electron chi connectivity index (χ2n) is 5.60. The lowest BCUT2D eigenvalue weighted by atomic mass is 9.77. The van der Waals surface area contributed by atoms with Gasteiger partial charge >= 0.3 is 5.97 Å². The van der Waals surface area contributed by atoms with E-state index in [1.807, 2.05) is 0 Å². The molecule has 102 valence electrons. The van der Waals surface area contributed by atoms with E-state index in [0.717, 1.165) is 6.42 Å². The summed E-state index contributed by atoms with van der Waals surface area (Å²) in [6.07, 6.45) is 8.87. The molecule has 0 heterocycles. The summed E-state index contributed by atoms with van der Waals surface area (Å²) in [5, 5.41) is 8.57. The Morgan fingerprint density at radius 3 is 2.42 bits per heavy atom. The van der Waals surface area contributed by atoms with Gasteiger partial charge in [-0.25, -0.2) is 4.79 Å². The number of carboxylic acid groups (broad SMARTS) is 1. The molecule has 0 aromatic heterocycles. The summed E-state index contributed by atoms with van der Waals surface area (Å²) in [6.45, 7) is 2.12. The highest BCUT2D eigenvalue weighted by Crippen LogP contribution is 2.37. The Labute approximate surface area is 115 Å². The van der Waals surface area contributed by atoms with Gasteiger partial charge in [-0.15, -0.1) is 0 Å². The zero-order chi connectivity index (χ0) is 13.7. The molecule has 2 rings (SSSR count). The van der Waals surface area contributed by atoms with Crippen molar-refractivity contribution in [2.24, 2.45) is 5.92 Å². The van der Waals surface area contributed by atoms with Crippen LogP contribution < -0.4 is 0 Å². The van der Waals surface area contributed by atoms with E-state index in [4.69, 9.17) is 5.11 Å². The quantitative estimate of drug-likeness (QED) is 0.817. The monoisotopic (exact) mass is 258 g/mol. The van der Waals surface area contributed by atoms with E-state index in [0.29, 0.717) is 11.8 Å². The van der Waals surface area contributed by atoms with Crippen molar-refractivity contribution in [3.05, 3.63) is 47.5 Å². The zero-order valence-electron chi connectivity index (χ0n) is 11.5. The number of hydrogen-bond donors (Lipinski definition) is 1. The molecule has 2 nitrogen and oxygen atoms in total. The van der Waals surface area contributed by atoms with Crippen LogP contribution in [0.15, 0.2) is 36.4 Å². The molecule has 0 bridgehead atoms. The summed E-state index contributed by atoms with van der Waals surface area (Å²) < 4.78 is 0. The number of aryl methyl sites for hydroxylation is 1. The first kappa shape index (κ1) is 13.9. The lowest BCUT2D eigenvalue weighted by Gasteiger charge is -2.28. The van der Waals surface area contributed by atoms with Gasteiger partial charge in [-0.2, -0.15) is 0 Å². The SMILES string of the molecule is Cc1ccc([C@H]2CC[C@H](C/C=C/C(=O)O)CC2)cc1. The van der Waals surface area contributed by atoms with Gasteiger partial charge in [0.2, 0.25) is 0 Å². The molecule has 0 atom stereocenters. The van der Waals surface area contributed by atoms with Crippen LogP contribution in [-0.4, -0.2) is 11.1 Å². The Bertz CT molecular complexity index is 437. The average molecular weight is 258 g/mol. The number of hydrogen-bond acceptors (Lipinski definition) is 1. The van der Waals surface area contributed by atoms with Crippen molar-refractivity contribution < 1.29 is 9.90 Å². The van der Waals surface area contributed by atoms with Crippen molar-refractivity contribution in [3.63, 3.8) is 0 Å². The smallest absolute Gasteiger partial charge is 0.327 e. The van der Waals surface area contributed by atoms with Crippen molar-refractivity contribution in [2.75, 3.05) is 0 Å². The van der Waals surface area contributed by atoms with Gasteiger partial charge in [-0.05, 0) is 56.4 Å². The van der Waals surface area contributed by atoms with Crippen LogP contribution in [0.3, 0.4) is 0 Å². The number of carbonyl (C=O) groups is 1. The normalized spacial score (nSPS) is 23.6. The minimum absolute atomic E-state index is 0.664. The summed E-state index contributed by atoms with van der Waals surface area (Å²) in [7, 11) is 0. The number of allylic oxidation sites excluding steroid dienone is 1. The molecule has 1 fully saturated rings. The van der Waals surface area contributed by atoms with E-state index in [9.17, 15) is 4.79 Å². The molecule has 1 N–H and O–H groups in total. The first-order valence-electron chi connectivity index (χ1n) is 7.11. The van der Waals surface area contributed by atoms with Crippen molar-refractivity contribution in [2.45, 2.75) is 44.9 Å². The molecule has 1 saturated carbocycles. The maximum absolute atomic E-state index is 10.4. The average Bonchev–Trinajstić information content (AvgIpc) is 2.40. The topological polar surface area (TPSA) is 37.3 Å². The van der Waals surface area contributed by atoms with Crippen molar-refractivity contribution in [3.8, 4) is 0 Å². The fraction of sp³-hybridized carbons (Fsp3) is 0.471. The lowest BCUT2D eigenvalue weighted by molar-refractivity contribution is -0.131. The predicted molar refractivity (Wildman–Crippen MR) is 77.3 cm³/mol. The van der Waals surface area contributed by atoms with Gasteiger partial charge in [0.1, 0.15) is 0 Å². The van der Waals surface area contributed by atoms with Crippen molar-refractivity contribution in [1.82, 2.24) is 0 Å². The van der Waals surface area contributed by atoms with E-state index in [1.165, 1.54) is 42.9 Å². The lowest BCUT2D eigenvalue weighted by Crippen LogP contribution is -2.12. The highest BCUT2D eigenvalue weighted by atomic mass is 16.4. The molecule has 1 aliphatic carbocycles. The molecular formula is C17H22O2. The van der Waals surface area contributed by atoms with Crippen LogP contribution in [0.4, 0.5) is 0 Å². The van der Waals surface area contributed by atoms with Crippen LogP contribution in [-0.2, 0) is 4.79 Å². The highest BCUT2D eigenvalue weighted by Gasteiger charge is 2.21. The summed E-state index contributed by atoms with van der Waals surface area (Å²) in [5.41, 5.74) is 2.78. The maximum atomic E-state index is 10.4. The maximum Gasteiger partial charge on any atom is 0.327 e. The van der Waals surface area contributed by atoms with Gasteiger partial charge in [0.25, 0.3) is 0 Å². The van der Waals surface area contributed by atoms with Gasteiger partial charge < -0.3 is 5.11 Å². The van der Waals surface area contributed by atoms with Gasteiger partial charge in [-0.1, -0.05) is 35.9 Å². The molecule has 2 heteroatoms. The first-order valence-corrected chi connectivity index (χ1v) is 7.11. The Kier molecular flexibility index (Phi) is 4.78. The van der Waals surface area contributed by atoms with Crippen LogP contribution in [0.25, 0.3) is 0 Å². The van der Waals surface area contributed by atoms with E-state index < -0.39 is 5.97 Å². The number of benzene rings is 1.